The summed E-state index contributed by atoms with van der Waals surface area (Å²) in [7, 11) is 0. The summed E-state index contributed by atoms with van der Waals surface area (Å²) in [4.78, 5) is 0. The van der Waals surface area contributed by atoms with Gasteiger partial charge >= 0.3 is 0 Å². The summed E-state index contributed by atoms with van der Waals surface area (Å²) in [6.07, 6.45) is 7.41. The second-order valence-corrected chi connectivity index (χ2v) is 2.94. The first-order chi connectivity index (χ1) is 4.66. The van der Waals surface area contributed by atoms with Crippen molar-refractivity contribution >= 4 is 0 Å². The predicted molar refractivity (Wildman–Crippen MR) is 47.7 cm³/mol. The lowest BCUT2D eigenvalue weighted by molar-refractivity contribution is 0.706. The van der Waals surface area contributed by atoms with Gasteiger partial charge in [-0.05, 0) is 32.6 Å². The van der Waals surface area contributed by atoms with E-state index in [1.807, 2.05) is 6.08 Å². The summed E-state index contributed by atoms with van der Waals surface area (Å²) in [5, 5.41) is 0. The van der Waals surface area contributed by atoms with Gasteiger partial charge in [-0.3, -0.25) is 0 Å². The fourth-order valence-corrected chi connectivity index (χ4v) is 0.698. The number of hydrogen-bond acceptors (Lipinski definition) is 0. The summed E-state index contributed by atoms with van der Waals surface area (Å²) >= 11 is 0. The molecule has 1 unspecified atom stereocenters. The molecule has 1 radical (unpaired) electrons. The fraction of sp³-hybridized carbons (Fsp3) is 0.500. The van der Waals surface area contributed by atoms with Crippen LogP contribution in [0.5, 0.6) is 0 Å². The molecule has 0 aliphatic heterocycles. The molecule has 0 saturated carbocycles. The second-order valence-electron chi connectivity index (χ2n) is 2.94. The maximum atomic E-state index is 3.69. The molecule has 10 heavy (non-hydrogen) atoms. The predicted octanol–water partition coefficient (Wildman–Crippen LogP) is 3.37. The first-order valence-electron chi connectivity index (χ1n) is 3.76. The van der Waals surface area contributed by atoms with Crippen molar-refractivity contribution in [2.45, 2.75) is 27.2 Å². The molecule has 0 nitrogen and oxygen atoms in total. The number of allylic oxidation sites excluding steroid dienone is 3. The molecule has 0 aromatic heterocycles. The van der Waals surface area contributed by atoms with E-state index in [1.165, 1.54) is 5.57 Å². The van der Waals surface area contributed by atoms with Crippen LogP contribution in [0.2, 0.25) is 0 Å². The van der Waals surface area contributed by atoms with Gasteiger partial charge in [-0.1, -0.05) is 24.6 Å². The van der Waals surface area contributed by atoms with Crippen molar-refractivity contribution < 1.29 is 0 Å². The Bertz CT molecular complexity index is 116. The monoisotopic (exact) mass is 137 g/mol. The highest BCUT2D eigenvalue weighted by Gasteiger charge is 1.95. The maximum Gasteiger partial charge on any atom is -0.0137 e. The molecule has 0 rings (SSSR count). The van der Waals surface area contributed by atoms with Gasteiger partial charge in [-0.25, -0.2) is 0 Å². The van der Waals surface area contributed by atoms with E-state index in [1.54, 1.807) is 0 Å². The van der Waals surface area contributed by atoms with Crippen LogP contribution in [0.15, 0.2) is 24.3 Å². The molecular formula is C10H17. The Hall–Kier alpha value is -0.520. The first kappa shape index (κ1) is 9.48. The maximum absolute atomic E-state index is 3.69. The molecule has 0 aliphatic carbocycles. The standard InChI is InChI=1S/C10H17/c1-5-6-10(4)8-7-9(2)3/h5,7-8,10H,1,6H2,2-4H3. The SMILES string of the molecule is C=CCC(C)[CH]C=C(C)C. The molecule has 0 N–H and O–H groups in total. The van der Waals surface area contributed by atoms with E-state index in [4.69, 9.17) is 0 Å². The Morgan fingerprint density at radius 3 is 2.50 bits per heavy atom. The first-order valence-corrected chi connectivity index (χ1v) is 3.76. The summed E-state index contributed by atoms with van der Waals surface area (Å²) in [6, 6.07) is 0. The van der Waals surface area contributed by atoms with Gasteiger partial charge in [0.25, 0.3) is 0 Å². The molecule has 0 amide bonds. The minimum atomic E-state index is 0.632. The van der Waals surface area contributed by atoms with Crippen LogP contribution >= 0.6 is 0 Å². The van der Waals surface area contributed by atoms with Gasteiger partial charge in [0.1, 0.15) is 0 Å². The summed E-state index contributed by atoms with van der Waals surface area (Å²) < 4.78 is 0. The van der Waals surface area contributed by atoms with Crippen LogP contribution in [-0.4, -0.2) is 0 Å². The van der Waals surface area contributed by atoms with Crippen LogP contribution in [0.3, 0.4) is 0 Å². The van der Waals surface area contributed by atoms with Crippen LogP contribution in [0.1, 0.15) is 27.2 Å². The average molecular weight is 137 g/mol. The van der Waals surface area contributed by atoms with Crippen LogP contribution in [0.4, 0.5) is 0 Å². The van der Waals surface area contributed by atoms with Crippen LogP contribution in [0, 0.1) is 12.3 Å². The molecule has 1 atom stereocenters. The molecule has 57 valence electrons. The van der Waals surface area contributed by atoms with E-state index in [2.05, 4.69) is 39.8 Å². The average Bonchev–Trinajstić information content (AvgIpc) is 1.85. The third-order valence-electron chi connectivity index (χ3n) is 1.30. The van der Waals surface area contributed by atoms with Crippen molar-refractivity contribution in [1.29, 1.82) is 0 Å². The van der Waals surface area contributed by atoms with Crippen molar-refractivity contribution in [2.75, 3.05) is 0 Å². The molecule has 0 spiro atoms. The van der Waals surface area contributed by atoms with Gasteiger partial charge in [-0.15, -0.1) is 6.58 Å². The zero-order chi connectivity index (χ0) is 7.98. The Morgan fingerprint density at radius 1 is 1.50 bits per heavy atom. The highest BCUT2D eigenvalue weighted by atomic mass is 14.0. The summed E-state index contributed by atoms with van der Waals surface area (Å²) in [6.45, 7) is 10.1. The lowest BCUT2D eigenvalue weighted by atomic mass is 10.0. The number of hydrogen-bond donors (Lipinski definition) is 0. The van der Waals surface area contributed by atoms with Gasteiger partial charge in [0.2, 0.25) is 0 Å². The molecule has 0 fully saturated rings. The highest BCUT2D eigenvalue weighted by molar-refractivity contribution is 5.04. The van der Waals surface area contributed by atoms with Gasteiger partial charge in [0.05, 0.1) is 0 Å². The highest BCUT2D eigenvalue weighted by Crippen LogP contribution is 2.08. The van der Waals surface area contributed by atoms with Crippen LogP contribution in [-0.2, 0) is 0 Å². The molecule has 0 aromatic rings. The molecule has 0 heterocycles. The minimum Gasteiger partial charge on any atom is -0.103 e. The van der Waals surface area contributed by atoms with Gasteiger partial charge < -0.3 is 0 Å². The number of rotatable bonds is 4. The minimum absolute atomic E-state index is 0.632. The molecule has 0 heteroatoms. The molecule has 0 bridgehead atoms. The Labute approximate surface area is 64.6 Å². The quantitative estimate of drug-likeness (QED) is 0.521. The van der Waals surface area contributed by atoms with Crippen LogP contribution < -0.4 is 0 Å². The molecule has 0 saturated heterocycles. The van der Waals surface area contributed by atoms with Gasteiger partial charge in [-0.2, -0.15) is 0 Å². The van der Waals surface area contributed by atoms with E-state index in [0.29, 0.717) is 5.92 Å². The Kier molecular flexibility index (Phi) is 5.00. The Balaban J connectivity index is 3.48. The fourth-order valence-electron chi connectivity index (χ4n) is 0.698. The third kappa shape index (κ3) is 5.61. The van der Waals surface area contributed by atoms with Crippen molar-refractivity contribution in [3.63, 3.8) is 0 Å². The molecule has 0 aliphatic rings. The van der Waals surface area contributed by atoms with E-state index in [0.717, 1.165) is 6.42 Å². The summed E-state index contributed by atoms with van der Waals surface area (Å²) in [5.74, 6) is 0.632. The summed E-state index contributed by atoms with van der Waals surface area (Å²) in [5.41, 5.74) is 1.36. The third-order valence-corrected chi connectivity index (χ3v) is 1.30. The zero-order valence-corrected chi connectivity index (χ0v) is 7.22. The molecular weight excluding hydrogens is 120 g/mol. The lowest BCUT2D eigenvalue weighted by Gasteiger charge is -2.03. The zero-order valence-electron chi connectivity index (χ0n) is 7.22. The van der Waals surface area contributed by atoms with Crippen molar-refractivity contribution in [3.8, 4) is 0 Å². The van der Waals surface area contributed by atoms with Crippen molar-refractivity contribution in [2.24, 2.45) is 5.92 Å². The normalized spacial score (nSPS) is 12.3. The molecule has 0 aromatic carbocycles. The second kappa shape index (κ2) is 5.28. The largest absolute Gasteiger partial charge is 0.103 e. The lowest BCUT2D eigenvalue weighted by Crippen LogP contribution is -1.90. The van der Waals surface area contributed by atoms with E-state index < -0.39 is 0 Å². The smallest absolute Gasteiger partial charge is 0.0137 e. The topological polar surface area (TPSA) is 0 Å². The van der Waals surface area contributed by atoms with Gasteiger partial charge in [0, 0.05) is 0 Å². The van der Waals surface area contributed by atoms with E-state index in [9.17, 15) is 0 Å². The van der Waals surface area contributed by atoms with Gasteiger partial charge in [0.15, 0.2) is 0 Å². The van der Waals surface area contributed by atoms with E-state index in [-0.39, 0.29) is 0 Å². The van der Waals surface area contributed by atoms with Crippen LogP contribution in [0.25, 0.3) is 0 Å². The van der Waals surface area contributed by atoms with Crippen molar-refractivity contribution in [1.82, 2.24) is 0 Å². The van der Waals surface area contributed by atoms with Crippen molar-refractivity contribution in [3.05, 3.63) is 30.7 Å². The Morgan fingerprint density at radius 2 is 2.10 bits per heavy atom. The van der Waals surface area contributed by atoms with E-state index >= 15 is 0 Å².